The van der Waals surface area contributed by atoms with Gasteiger partial charge in [-0.2, -0.15) is 0 Å². The number of allylic oxidation sites excluding steroid dienone is 1. The monoisotopic (exact) mass is 364 g/mol. The maximum atomic E-state index is 11.6. The molecule has 1 aromatic carbocycles. The molecule has 1 rings (SSSR count). The highest BCUT2D eigenvalue weighted by atomic mass is 16.6. The molecule has 0 aliphatic carbocycles. The lowest BCUT2D eigenvalue weighted by atomic mass is 9.84. The summed E-state index contributed by atoms with van der Waals surface area (Å²) in [7, 11) is 0. The van der Waals surface area contributed by atoms with Crippen molar-refractivity contribution in [2.45, 2.75) is 58.0 Å². The summed E-state index contributed by atoms with van der Waals surface area (Å²) < 4.78 is 0. The van der Waals surface area contributed by atoms with E-state index >= 15 is 0 Å². The van der Waals surface area contributed by atoms with Gasteiger partial charge in [-0.05, 0) is 24.5 Å². The van der Waals surface area contributed by atoms with Crippen LogP contribution in [-0.4, -0.2) is 33.0 Å². The molecule has 1 N–H and O–H groups in total. The Kier molecular flexibility index (Phi) is 7.89. The fourth-order valence-corrected chi connectivity index (χ4v) is 3.13. The minimum Gasteiger partial charge on any atom is -0.478 e. The molecule has 3 unspecified atom stereocenters. The lowest BCUT2D eigenvalue weighted by Crippen LogP contribution is -2.34. The number of aliphatic carboxylic acids is 1. The lowest BCUT2D eigenvalue weighted by molar-refractivity contribution is -0.563. The minimum atomic E-state index is -1.18. The summed E-state index contributed by atoms with van der Waals surface area (Å²) in [6.45, 7) is 4.99. The van der Waals surface area contributed by atoms with Gasteiger partial charge in [0.15, 0.2) is 0 Å². The predicted molar refractivity (Wildman–Crippen MR) is 97.2 cm³/mol. The summed E-state index contributed by atoms with van der Waals surface area (Å²) in [6.07, 6.45) is 2.07. The molecule has 0 aromatic heterocycles. The van der Waals surface area contributed by atoms with Gasteiger partial charge >= 0.3 is 5.97 Å². The normalized spacial score (nSPS) is 15.1. The highest BCUT2D eigenvalue weighted by molar-refractivity contribution is 6.15. The maximum Gasteiger partial charge on any atom is 0.335 e. The number of benzene rings is 1. The summed E-state index contributed by atoms with van der Waals surface area (Å²) in [6, 6.07) is 4.41. The fraction of sp³-hybridized carbons (Fsp3) is 0.500. The van der Waals surface area contributed by atoms with E-state index in [0.717, 1.165) is 0 Å². The van der Waals surface area contributed by atoms with Gasteiger partial charge in [0.1, 0.15) is 0 Å². The molecule has 8 heteroatoms. The molecule has 0 heterocycles. The average Bonchev–Trinajstić information content (AvgIpc) is 2.58. The third-order valence-electron chi connectivity index (χ3n) is 4.54. The summed E-state index contributed by atoms with van der Waals surface area (Å²) in [4.78, 5) is 33.3. The first-order valence-corrected chi connectivity index (χ1v) is 8.50. The Bertz CT molecular complexity index is 701. The molecule has 0 aliphatic heterocycles. The van der Waals surface area contributed by atoms with Gasteiger partial charge in [0, 0.05) is 22.2 Å². The predicted octanol–water partition coefficient (Wildman–Crippen LogP) is 3.76. The van der Waals surface area contributed by atoms with E-state index in [-0.39, 0.29) is 18.4 Å². The van der Waals surface area contributed by atoms with Crippen LogP contribution in [0.15, 0.2) is 30.3 Å². The number of nitrogens with zero attached hydrogens (tertiary/aromatic N) is 2. The first kappa shape index (κ1) is 21.3. The quantitative estimate of drug-likeness (QED) is 0.383. The Morgan fingerprint density at radius 2 is 1.85 bits per heavy atom. The van der Waals surface area contributed by atoms with Crippen LogP contribution in [0, 0.1) is 20.2 Å². The van der Waals surface area contributed by atoms with Crippen LogP contribution >= 0.6 is 0 Å². The Hall–Kier alpha value is -2.77. The Labute approximate surface area is 151 Å². The van der Waals surface area contributed by atoms with Crippen LogP contribution in [0.3, 0.4) is 0 Å². The van der Waals surface area contributed by atoms with E-state index in [9.17, 15) is 30.1 Å². The zero-order chi connectivity index (χ0) is 19.9. The summed E-state index contributed by atoms with van der Waals surface area (Å²) in [5.74, 6) is -1.80. The largest absolute Gasteiger partial charge is 0.478 e. The average molecular weight is 364 g/mol. The van der Waals surface area contributed by atoms with Gasteiger partial charge < -0.3 is 5.11 Å². The van der Waals surface area contributed by atoms with Gasteiger partial charge in [-0.15, -0.1) is 0 Å². The molecule has 0 amide bonds. The SMILES string of the molecule is C/C=C(/C(=O)O)c1ccccc1C(C)C(CC(CCC)[N+](=O)[O-])[N+](=O)[O-]. The van der Waals surface area contributed by atoms with Crippen LogP contribution < -0.4 is 0 Å². The van der Waals surface area contributed by atoms with Crippen molar-refractivity contribution >= 4 is 11.5 Å². The molecule has 142 valence electrons. The number of hydrogen-bond donors (Lipinski definition) is 1. The molecule has 3 atom stereocenters. The molecule has 0 bridgehead atoms. The highest BCUT2D eigenvalue weighted by Gasteiger charge is 2.37. The van der Waals surface area contributed by atoms with Crippen molar-refractivity contribution in [3.8, 4) is 0 Å². The molecular formula is C18H24N2O6. The molecule has 0 fully saturated rings. The van der Waals surface area contributed by atoms with Gasteiger partial charge in [-0.1, -0.05) is 44.2 Å². The first-order chi connectivity index (χ1) is 12.2. The number of rotatable bonds is 10. The zero-order valence-corrected chi connectivity index (χ0v) is 15.1. The van der Waals surface area contributed by atoms with Crippen molar-refractivity contribution in [3.05, 3.63) is 61.7 Å². The van der Waals surface area contributed by atoms with Crippen molar-refractivity contribution in [1.82, 2.24) is 0 Å². The summed E-state index contributed by atoms with van der Waals surface area (Å²) >= 11 is 0. The van der Waals surface area contributed by atoms with Crippen molar-refractivity contribution in [1.29, 1.82) is 0 Å². The van der Waals surface area contributed by atoms with Gasteiger partial charge in [0.05, 0.1) is 12.0 Å². The number of hydrogen-bond acceptors (Lipinski definition) is 5. The van der Waals surface area contributed by atoms with Gasteiger partial charge in [0.25, 0.3) is 0 Å². The summed E-state index contributed by atoms with van der Waals surface area (Å²) in [5.41, 5.74) is 0.951. The van der Waals surface area contributed by atoms with Crippen molar-refractivity contribution in [2.24, 2.45) is 0 Å². The number of carboxylic acid groups (broad SMARTS) is 1. The number of nitro groups is 2. The van der Waals surface area contributed by atoms with E-state index in [4.69, 9.17) is 0 Å². The molecule has 26 heavy (non-hydrogen) atoms. The fourth-order valence-electron chi connectivity index (χ4n) is 3.13. The Morgan fingerprint density at radius 1 is 1.23 bits per heavy atom. The second-order valence-electron chi connectivity index (χ2n) is 6.20. The molecule has 8 nitrogen and oxygen atoms in total. The first-order valence-electron chi connectivity index (χ1n) is 8.50. The third kappa shape index (κ3) is 5.11. The van der Waals surface area contributed by atoms with Crippen molar-refractivity contribution < 1.29 is 19.7 Å². The Morgan fingerprint density at radius 3 is 2.31 bits per heavy atom. The van der Waals surface area contributed by atoms with Gasteiger partial charge in [-0.25, -0.2) is 4.79 Å². The van der Waals surface area contributed by atoms with E-state index in [1.165, 1.54) is 6.08 Å². The smallest absolute Gasteiger partial charge is 0.335 e. The lowest BCUT2D eigenvalue weighted by Gasteiger charge is -2.21. The standard InChI is InChI=1S/C18H24N2O6/c1-4-8-13(19(23)24)11-17(20(25)26)12(3)15-9-6-7-10-16(15)14(5-2)18(21)22/h5-7,9-10,12-13,17H,4,8,11H2,1-3H3,(H,21,22)/b14-5+. The number of carboxylic acids is 1. The van der Waals surface area contributed by atoms with E-state index in [1.54, 1.807) is 45.0 Å². The molecular weight excluding hydrogens is 340 g/mol. The highest BCUT2D eigenvalue weighted by Crippen LogP contribution is 2.31. The number of carbonyl (C=O) groups is 1. The molecule has 0 aliphatic rings. The van der Waals surface area contributed by atoms with Crippen LogP contribution in [0.4, 0.5) is 0 Å². The molecule has 1 aromatic rings. The second-order valence-corrected chi connectivity index (χ2v) is 6.20. The van der Waals surface area contributed by atoms with E-state index in [2.05, 4.69) is 0 Å². The van der Waals surface area contributed by atoms with Gasteiger partial charge in [0.2, 0.25) is 12.1 Å². The van der Waals surface area contributed by atoms with Crippen LogP contribution in [0.1, 0.15) is 57.1 Å². The van der Waals surface area contributed by atoms with Crippen molar-refractivity contribution in [3.63, 3.8) is 0 Å². The summed E-state index contributed by atoms with van der Waals surface area (Å²) in [5, 5.41) is 32.2. The zero-order valence-electron chi connectivity index (χ0n) is 15.1. The third-order valence-corrected chi connectivity index (χ3v) is 4.54. The molecule has 0 saturated carbocycles. The van der Waals surface area contributed by atoms with Crippen LogP contribution in [-0.2, 0) is 4.79 Å². The van der Waals surface area contributed by atoms with Crippen LogP contribution in [0.25, 0.3) is 5.57 Å². The molecule has 0 saturated heterocycles. The van der Waals surface area contributed by atoms with Crippen molar-refractivity contribution in [2.75, 3.05) is 0 Å². The van der Waals surface area contributed by atoms with E-state index < -0.39 is 33.8 Å². The minimum absolute atomic E-state index is 0.0499. The molecule has 0 spiro atoms. The molecule has 0 radical (unpaired) electrons. The van der Waals surface area contributed by atoms with E-state index in [0.29, 0.717) is 17.5 Å². The van der Waals surface area contributed by atoms with Crippen LogP contribution in [0.5, 0.6) is 0 Å². The topological polar surface area (TPSA) is 124 Å². The maximum absolute atomic E-state index is 11.6. The second kappa shape index (κ2) is 9.65. The van der Waals surface area contributed by atoms with Crippen LogP contribution in [0.2, 0.25) is 0 Å². The van der Waals surface area contributed by atoms with E-state index in [1.807, 2.05) is 0 Å². The van der Waals surface area contributed by atoms with Gasteiger partial charge in [-0.3, -0.25) is 20.2 Å². The Balaban J connectivity index is 3.30.